The molecule has 84 valence electrons. The van der Waals surface area contributed by atoms with E-state index in [-0.39, 0.29) is 0 Å². The molecule has 1 aromatic carbocycles. The number of rotatable bonds is 5. The Balaban J connectivity index is 2.35. The van der Waals surface area contributed by atoms with Crippen LogP contribution in [0.3, 0.4) is 0 Å². The van der Waals surface area contributed by atoms with E-state index in [1.165, 1.54) is 12.0 Å². The van der Waals surface area contributed by atoms with Crippen molar-refractivity contribution in [3.63, 3.8) is 0 Å². The molecule has 0 saturated carbocycles. The van der Waals surface area contributed by atoms with Crippen molar-refractivity contribution >= 4 is 15.9 Å². The lowest BCUT2D eigenvalue weighted by Gasteiger charge is -2.07. The Morgan fingerprint density at radius 1 is 1.40 bits per heavy atom. The predicted octanol–water partition coefficient (Wildman–Crippen LogP) is 3.29. The molecule has 3 heteroatoms. The van der Waals surface area contributed by atoms with Crippen LogP contribution < -0.4 is 5.32 Å². The van der Waals surface area contributed by atoms with Gasteiger partial charge in [0.15, 0.2) is 0 Å². The highest BCUT2D eigenvalue weighted by Gasteiger charge is 1.99. The molecule has 0 aliphatic rings. The van der Waals surface area contributed by atoms with E-state index in [4.69, 9.17) is 0 Å². The van der Waals surface area contributed by atoms with Crippen LogP contribution in [0.5, 0.6) is 5.75 Å². The topological polar surface area (TPSA) is 32.3 Å². The average Bonchev–Trinajstić information content (AvgIpc) is 2.18. The SMILES string of the molecule is CC(C)CCNCc1ccc(O)c(Br)c1. The summed E-state index contributed by atoms with van der Waals surface area (Å²) in [6.45, 7) is 6.33. The first kappa shape index (κ1) is 12.5. The van der Waals surface area contributed by atoms with Gasteiger partial charge in [-0.25, -0.2) is 0 Å². The van der Waals surface area contributed by atoms with Crippen molar-refractivity contribution in [2.45, 2.75) is 26.8 Å². The van der Waals surface area contributed by atoms with E-state index in [0.29, 0.717) is 5.75 Å². The van der Waals surface area contributed by atoms with Crippen LogP contribution in [0, 0.1) is 5.92 Å². The maximum Gasteiger partial charge on any atom is 0.129 e. The van der Waals surface area contributed by atoms with Crippen molar-refractivity contribution in [3.05, 3.63) is 28.2 Å². The van der Waals surface area contributed by atoms with Gasteiger partial charge in [0.25, 0.3) is 0 Å². The van der Waals surface area contributed by atoms with Crippen molar-refractivity contribution in [1.29, 1.82) is 0 Å². The van der Waals surface area contributed by atoms with E-state index < -0.39 is 0 Å². The number of halogens is 1. The van der Waals surface area contributed by atoms with Crippen molar-refractivity contribution in [2.75, 3.05) is 6.54 Å². The fraction of sp³-hybridized carbons (Fsp3) is 0.500. The number of benzene rings is 1. The Morgan fingerprint density at radius 3 is 2.73 bits per heavy atom. The number of hydrogen-bond donors (Lipinski definition) is 2. The Labute approximate surface area is 99.8 Å². The van der Waals surface area contributed by atoms with Crippen LogP contribution in [0.1, 0.15) is 25.8 Å². The van der Waals surface area contributed by atoms with E-state index >= 15 is 0 Å². The zero-order chi connectivity index (χ0) is 11.3. The normalized spacial score (nSPS) is 10.9. The van der Waals surface area contributed by atoms with Crippen LogP contribution in [-0.4, -0.2) is 11.7 Å². The predicted molar refractivity (Wildman–Crippen MR) is 67.0 cm³/mol. The van der Waals surface area contributed by atoms with Gasteiger partial charge in [-0.3, -0.25) is 0 Å². The van der Waals surface area contributed by atoms with Crippen LogP contribution in [0.15, 0.2) is 22.7 Å². The molecular weight excluding hydrogens is 254 g/mol. The molecule has 0 amide bonds. The molecule has 1 aromatic rings. The fourth-order valence-corrected chi connectivity index (χ4v) is 1.71. The van der Waals surface area contributed by atoms with Crippen molar-refractivity contribution in [2.24, 2.45) is 5.92 Å². The van der Waals surface area contributed by atoms with E-state index in [9.17, 15) is 5.11 Å². The molecule has 0 saturated heterocycles. The molecule has 0 bridgehead atoms. The second kappa shape index (κ2) is 6.13. The first-order valence-electron chi connectivity index (χ1n) is 5.27. The smallest absolute Gasteiger partial charge is 0.129 e. The van der Waals surface area contributed by atoms with Gasteiger partial charge in [0.1, 0.15) is 5.75 Å². The summed E-state index contributed by atoms with van der Waals surface area (Å²) >= 11 is 3.30. The number of phenolic OH excluding ortho intramolecular Hbond substituents is 1. The number of aromatic hydroxyl groups is 1. The minimum absolute atomic E-state index is 0.293. The second-order valence-corrected chi connectivity index (χ2v) is 5.00. The first-order valence-corrected chi connectivity index (χ1v) is 6.07. The number of phenols is 1. The quantitative estimate of drug-likeness (QED) is 0.806. The van der Waals surface area contributed by atoms with E-state index in [1.807, 2.05) is 12.1 Å². The number of hydrogen-bond acceptors (Lipinski definition) is 2. The van der Waals surface area contributed by atoms with Crippen LogP contribution in [-0.2, 0) is 6.54 Å². The third-order valence-electron chi connectivity index (χ3n) is 2.24. The summed E-state index contributed by atoms with van der Waals surface area (Å²) in [4.78, 5) is 0. The highest BCUT2D eigenvalue weighted by Crippen LogP contribution is 2.24. The van der Waals surface area contributed by atoms with Crippen molar-refractivity contribution < 1.29 is 5.11 Å². The molecule has 0 aromatic heterocycles. The van der Waals surface area contributed by atoms with Gasteiger partial charge >= 0.3 is 0 Å². The highest BCUT2D eigenvalue weighted by atomic mass is 79.9. The van der Waals surface area contributed by atoms with Gasteiger partial charge < -0.3 is 10.4 Å². The Bertz CT molecular complexity index is 312. The third kappa shape index (κ3) is 4.67. The van der Waals surface area contributed by atoms with Gasteiger partial charge in [-0.05, 0) is 52.5 Å². The van der Waals surface area contributed by atoms with Gasteiger partial charge in [0.05, 0.1) is 4.47 Å². The van der Waals surface area contributed by atoms with Crippen molar-refractivity contribution in [1.82, 2.24) is 5.32 Å². The molecule has 0 spiro atoms. The molecule has 0 aliphatic carbocycles. The summed E-state index contributed by atoms with van der Waals surface area (Å²) < 4.78 is 0.755. The monoisotopic (exact) mass is 271 g/mol. The zero-order valence-electron chi connectivity index (χ0n) is 9.26. The Morgan fingerprint density at radius 2 is 2.13 bits per heavy atom. The fourth-order valence-electron chi connectivity index (χ4n) is 1.28. The molecule has 0 heterocycles. The minimum Gasteiger partial charge on any atom is -0.507 e. The van der Waals surface area contributed by atoms with E-state index in [1.54, 1.807) is 6.07 Å². The lowest BCUT2D eigenvalue weighted by atomic mass is 10.1. The number of nitrogens with one attached hydrogen (secondary N) is 1. The van der Waals surface area contributed by atoms with E-state index in [2.05, 4.69) is 35.1 Å². The molecule has 2 nitrogen and oxygen atoms in total. The third-order valence-corrected chi connectivity index (χ3v) is 2.87. The lowest BCUT2D eigenvalue weighted by Crippen LogP contribution is -2.16. The summed E-state index contributed by atoms with van der Waals surface area (Å²) in [5.74, 6) is 1.03. The van der Waals surface area contributed by atoms with Crippen LogP contribution in [0.2, 0.25) is 0 Å². The molecule has 15 heavy (non-hydrogen) atoms. The largest absolute Gasteiger partial charge is 0.507 e. The zero-order valence-corrected chi connectivity index (χ0v) is 10.8. The average molecular weight is 272 g/mol. The molecule has 0 radical (unpaired) electrons. The van der Waals surface area contributed by atoms with Crippen molar-refractivity contribution in [3.8, 4) is 5.75 Å². The maximum absolute atomic E-state index is 9.32. The summed E-state index contributed by atoms with van der Waals surface area (Å²) in [7, 11) is 0. The maximum atomic E-state index is 9.32. The van der Waals surface area contributed by atoms with Gasteiger partial charge in [-0.15, -0.1) is 0 Å². The molecule has 0 fully saturated rings. The summed E-state index contributed by atoms with van der Waals surface area (Å²) in [5, 5.41) is 12.7. The minimum atomic E-state index is 0.293. The summed E-state index contributed by atoms with van der Waals surface area (Å²) in [6.07, 6.45) is 1.19. The summed E-state index contributed by atoms with van der Waals surface area (Å²) in [5.41, 5.74) is 1.18. The van der Waals surface area contributed by atoms with Gasteiger partial charge in [0.2, 0.25) is 0 Å². The highest BCUT2D eigenvalue weighted by molar-refractivity contribution is 9.10. The molecule has 0 atom stereocenters. The van der Waals surface area contributed by atoms with Crippen LogP contribution in [0.4, 0.5) is 0 Å². The van der Waals surface area contributed by atoms with Gasteiger partial charge in [0, 0.05) is 6.54 Å². The van der Waals surface area contributed by atoms with Gasteiger partial charge in [-0.2, -0.15) is 0 Å². The Kier molecular flexibility index (Phi) is 5.12. The Hall–Kier alpha value is -0.540. The van der Waals surface area contributed by atoms with Gasteiger partial charge in [-0.1, -0.05) is 19.9 Å². The first-order chi connectivity index (χ1) is 7.09. The molecule has 1 rings (SSSR count). The second-order valence-electron chi connectivity index (χ2n) is 4.15. The summed E-state index contributed by atoms with van der Waals surface area (Å²) in [6, 6.07) is 5.59. The standard InChI is InChI=1S/C12H18BrNO/c1-9(2)5-6-14-8-10-3-4-12(15)11(13)7-10/h3-4,7,9,14-15H,5-6,8H2,1-2H3. The molecular formula is C12H18BrNO. The molecule has 0 aliphatic heterocycles. The molecule has 0 unspecified atom stereocenters. The van der Waals surface area contributed by atoms with Crippen LogP contribution >= 0.6 is 15.9 Å². The molecule has 2 N–H and O–H groups in total. The van der Waals surface area contributed by atoms with E-state index in [0.717, 1.165) is 23.5 Å². The van der Waals surface area contributed by atoms with Crippen LogP contribution in [0.25, 0.3) is 0 Å². The lowest BCUT2D eigenvalue weighted by molar-refractivity contribution is 0.471.